The number of nitrogens with one attached hydrogen (secondary N) is 1. The average molecular weight is 246 g/mol. The second-order valence-corrected chi connectivity index (χ2v) is 4.29. The van der Waals surface area contributed by atoms with Crippen molar-refractivity contribution in [2.45, 2.75) is 19.9 Å². The Morgan fingerprint density at radius 3 is 2.72 bits per heavy atom. The van der Waals surface area contributed by atoms with Gasteiger partial charge in [0.15, 0.2) is 0 Å². The molecule has 0 saturated carbocycles. The molecular formula is C14H15FN2O. The van der Waals surface area contributed by atoms with E-state index in [0.29, 0.717) is 5.56 Å². The average Bonchev–Trinajstić information content (AvgIpc) is 2.36. The summed E-state index contributed by atoms with van der Waals surface area (Å²) < 4.78 is 13.2. The van der Waals surface area contributed by atoms with Gasteiger partial charge in [-0.1, -0.05) is 26.5 Å². The molecule has 1 atom stereocenters. The number of carbonyl (C=O) groups excluding carboxylic acids is 1. The second-order valence-electron chi connectivity index (χ2n) is 4.29. The molecule has 94 valence electrons. The van der Waals surface area contributed by atoms with Crippen LogP contribution in [-0.4, -0.2) is 5.91 Å². The lowest BCUT2D eigenvalue weighted by molar-refractivity contribution is -0.117. The first-order valence-electron chi connectivity index (χ1n) is 5.62. The van der Waals surface area contributed by atoms with E-state index in [2.05, 4.69) is 11.9 Å². The fourth-order valence-corrected chi connectivity index (χ4v) is 1.67. The Labute approximate surface area is 106 Å². The van der Waals surface area contributed by atoms with Crippen LogP contribution in [0.3, 0.4) is 0 Å². The number of amides is 1. The molecule has 0 radical (unpaired) electrons. The van der Waals surface area contributed by atoms with Crippen molar-refractivity contribution in [3.05, 3.63) is 47.8 Å². The zero-order valence-corrected chi connectivity index (χ0v) is 10.4. The van der Waals surface area contributed by atoms with Crippen LogP contribution in [0.2, 0.25) is 0 Å². The van der Waals surface area contributed by atoms with Crippen molar-refractivity contribution in [1.82, 2.24) is 5.32 Å². The van der Waals surface area contributed by atoms with Gasteiger partial charge in [-0.15, -0.1) is 0 Å². The molecule has 4 heteroatoms. The summed E-state index contributed by atoms with van der Waals surface area (Å²) in [7, 11) is 0. The highest BCUT2D eigenvalue weighted by atomic mass is 19.1. The van der Waals surface area contributed by atoms with E-state index in [1.54, 1.807) is 12.1 Å². The maximum absolute atomic E-state index is 13.2. The summed E-state index contributed by atoms with van der Waals surface area (Å²) in [6.45, 7) is 7.26. The molecule has 1 rings (SSSR count). The van der Waals surface area contributed by atoms with Gasteiger partial charge in [-0.05, 0) is 29.7 Å². The lowest BCUT2D eigenvalue weighted by Gasteiger charge is -2.22. The second kappa shape index (κ2) is 5.97. The minimum atomic E-state index is -0.557. The molecule has 0 aliphatic carbocycles. The zero-order chi connectivity index (χ0) is 13.7. The van der Waals surface area contributed by atoms with Crippen LogP contribution in [0.1, 0.15) is 31.0 Å². The third-order valence-corrected chi connectivity index (χ3v) is 2.62. The van der Waals surface area contributed by atoms with Crippen molar-refractivity contribution in [1.29, 1.82) is 5.26 Å². The van der Waals surface area contributed by atoms with E-state index < -0.39 is 5.82 Å². The fraction of sp³-hybridized carbons (Fsp3) is 0.286. The molecule has 1 aromatic carbocycles. The standard InChI is InChI=1S/C14H15FN2O/c1-4-13(18)17-14(9(2)3)10-5-6-12(15)11(7-10)8-16/h4-7,9,14H,1H2,2-3H3,(H,17,18). The Morgan fingerprint density at radius 1 is 1.56 bits per heavy atom. The van der Waals surface area contributed by atoms with Crippen LogP contribution in [0.5, 0.6) is 0 Å². The molecule has 0 saturated heterocycles. The minimum Gasteiger partial charge on any atom is -0.346 e. The fourth-order valence-electron chi connectivity index (χ4n) is 1.67. The molecule has 3 nitrogen and oxygen atoms in total. The van der Waals surface area contributed by atoms with Gasteiger partial charge in [0.2, 0.25) is 5.91 Å². The summed E-state index contributed by atoms with van der Waals surface area (Å²) in [5.41, 5.74) is 0.684. The van der Waals surface area contributed by atoms with E-state index in [0.717, 1.165) is 0 Å². The van der Waals surface area contributed by atoms with Crippen LogP contribution in [0.4, 0.5) is 4.39 Å². The van der Waals surface area contributed by atoms with Gasteiger partial charge in [0.05, 0.1) is 11.6 Å². The van der Waals surface area contributed by atoms with Crippen molar-refractivity contribution in [3.63, 3.8) is 0 Å². The largest absolute Gasteiger partial charge is 0.346 e. The molecule has 1 amide bonds. The van der Waals surface area contributed by atoms with E-state index in [-0.39, 0.29) is 23.4 Å². The van der Waals surface area contributed by atoms with Crippen LogP contribution in [0.15, 0.2) is 30.9 Å². The van der Waals surface area contributed by atoms with Crippen LogP contribution in [0.25, 0.3) is 0 Å². The van der Waals surface area contributed by atoms with Crippen LogP contribution in [-0.2, 0) is 4.79 Å². The summed E-state index contributed by atoms with van der Waals surface area (Å²) in [4.78, 5) is 11.4. The van der Waals surface area contributed by atoms with Crippen LogP contribution in [0, 0.1) is 23.1 Å². The van der Waals surface area contributed by atoms with Crippen molar-refractivity contribution >= 4 is 5.91 Å². The Hall–Kier alpha value is -2.15. The maximum atomic E-state index is 13.2. The third-order valence-electron chi connectivity index (χ3n) is 2.62. The molecule has 0 fully saturated rings. The molecule has 1 aromatic rings. The maximum Gasteiger partial charge on any atom is 0.243 e. The van der Waals surface area contributed by atoms with Crippen LogP contribution < -0.4 is 5.32 Å². The summed E-state index contributed by atoms with van der Waals surface area (Å²) in [6.07, 6.45) is 1.18. The van der Waals surface area contributed by atoms with Gasteiger partial charge in [-0.2, -0.15) is 5.26 Å². The van der Waals surface area contributed by atoms with Gasteiger partial charge >= 0.3 is 0 Å². The van der Waals surface area contributed by atoms with Gasteiger partial charge < -0.3 is 5.32 Å². The highest BCUT2D eigenvalue weighted by Crippen LogP contribution is 2.23. The number of hydrogen-bond acceptors (Lipinski definition) is 2. The highest BCUT2D eigenvalue weighted by Gasteiger charge is 2.18. The van der Waals surface area contributed by atoms with Gasteiger partial charge in [0.1, 0.15) is 11.9 Å². The minimum absolute atomic E-state index is 0.0222. The van der Waals surface area contributed by atoms with Crippen molar-refractivity contribution in [2.75, 3.05) is 0 Å². The Bertz CT molecular complexity index is 503. The molecule has 0 spiro atoms. The Kier molecular flexibility index (Phi) is 4.61. The SMILES string of the molecule is C=CC(=O)NC(c1ccc(F)c(C#N)c1)C(C)C. The van der Waals surface area contributed by atoms with Crippen molar-refractivity contribution < 1.29 is 9.18 Å². The molecule has 0 aliphatic heterocycles. The number of nitrogens with zero attached hydrogens (tertiary/aromatic N) is 1. The normalized spacial score (nSPS) is 11.7. The predicted molar refractivity (Wildman–Crippen MR) is 67.0 cm³/mol. The molecular weight excluding hydrogens is 231 g/mol. The van der Waals surface area contributed by atoms with E-state index in [4.69, 9.17) is 5.26 Å². The van der Waals surface area contributed by atoms with E-state index in [1.807, 2.05) is 13.8 Å². The van der Waals surface area contributed by atoms with Gasteiger partial charge in [0.25, 0.3) is 0 Å². The Morgan fingerprint density at radius 2 is 2.22 bits per heavy atom. The molecule has 0 bridgehead atoms. The zero-order valence-electron chi connectivity index (χ0n) is 10.4. The Balaban J connectivity index is 3.10. The molecule has 18 heavy (non-hydrogen) atoms. The third kappa shape index (κ3) is 3.17. The topological polar surface area (TPSA) is 52.9 Å². The molecule has 0 aromatic heterocycles. The van der Waals surface area contributed by atoms with Crippen LogP contribution >= 0.6 is 0 Å². The first kappa shape index (κ1) is 13.9. The lowest BCUT2D eigenvalue weighted by atomic mass is 9.94. The van der Waals surface area contributed by atoms with Gasteiger partial charge in [-0.3, -0.25) is 4.79 Å². The lowest BCUT2D eigenvalue weighted by Crippen LogP contribution is -2.30. The highest BCUT2D eigenvalue weighted by molar-refractivity contribution is 5.87. The van der Waals surface area contributed by atoms with Crippen molar-refractivity contribution in [2.24, 2.45) is 5.92 Å². The van der Waals surface area contributed by atoms with E-state index >= 15 is 0 Å². The smallest absolute Gasteiger partial charge is 0.243 e. The van der Waals surface area contributed by atoms with E-state index in [1.165, 1.54) is 18.2 Å². The molecule has 1 N–H and O–H groups in total. The summed E-state index contributed by atoms with van der Waals surface area (Å²) in [5.74, 6) is -0.735. The molecule has 0 heterocycles. The number of hydrogen-bond donors (Lipinski definition) is 1. The van der Waals surface area contributed by atoms with Crippen molar-refractivity contribution in [3.8, 4) is 6.07 Å². The first-order chi connectivity index (χ1) is 8.49. The predicted octanol–water partition coefficient (Wildman–Crippen LogP) is 2.70. The number of rotatable bonds is 4. The molecule has 1 unspecified atom stereocenters. The number of halogens is 1. The number of carbonyl (C=O) groups is 1. The summed E-state index contributed by atoms with van der Waals surface area (Å²) in [6, 6.07) is 5.79. The molecule has 0 aliphatic rings. The number of benzene rings is 1. The van der Waals surface area contributed by atoms with Gasteiger partial charge in [-0.25, -0.2) is 4.39 Å². The summed E-state index contributed by atoms with van der Waals surface area (Å²) in [5, 5.41) is 11.6. The monoisotopic (exact) mass is 246 g/mol. The van der Waals surface area contributed by atoms with Gasteiger partial charge in [0, 0.05) is 0 Å². The summed E-state index contributed by atoms with van der Waals surface area (Å²) >= 11 is 0. The van der Waals surface area contributed by atoms with E-state index in [9.17, 15) is 9.18 Å². The number of nitriles is 1. The quantitative estimate of drug-likeness (QED) is 0.830. The first-order valence-corrected chi connectivity index (χ1v) is 5.62.